The largest absolute Gasteiger partial charge is 0.380 e. The number of nitrogens with one attached hydrogen (secondary N) is 1. The molecule has 0 aliphatic carbocycles. The van der Waals surface area contributed by atoms with E-state index in [2.05, 4.69) is 47.0 Å². The molecule has 2 heterocycles. The minimum absolute atomic E-state index is 0.378. The van der Waals surface area contributed by atoms with Crippen molar-refractivity contribution in [1.29, 1.82) is 0 Å². The maximum Gasteiger partial charge on any atom is 0.194 e. The lowest BCUT2D eigenvalue weighted by atomic mass is 10.1. The van der Waals surface area contributed by atoms with Gasteiger partial charge in [-0.2, -0.15) is 0 Å². The number of hydrogen-bond acceptors (Lipinski definition) is 4. The van der Waals surface area contributed by atoms with Crippen molar-refractivity contribution in [3.05, 3.63) is 23.0 Å². The molecule has 2 rings (SSSR count). The van der Waals surface area contributed by atoms with E-state index in [1.165, 1.54) is 5.69 Å². The normalized spacial score (nSPS) is 13.5. The number of imidazole rings is 1. The highest BCUT2D eigenvalue weighted by atomic mass is 32.1. The molecule has 0 amide bonds. The second-order valence-electron chi connectivity index (χ2n) is 5.09. The maximum absolute atomic E-state index is 5.55. The van der Waals surface area contributed by atoms with Crippen molar-refractivity contribution in [1.82, 2.24) is 14.7 Å². The molecule has 2 aromatic rings. The Kier molecular flexibility index (Phi) is 4.96. The summed E-state index contributed by atoms with van der Waals surface area (Å²) in [5, 5.41) is 5.67. The van der Waals surface area contributed by atoms with E-state index in [0.29, 0.717) is 12.0 Å². The first-order valence-corrected chi connectivity index (χ1v) is 7.73. The lowest BCUT2D eigenvalue weighted by Gasteiger charge is -2.22. The van der Waals surface area contributed by atoms with Crippen LogP contribution in [0.1, 0.15) is 32.2 Å². The van der Waals surface area contributed by atoms with Gasteiger partial charge in [0.1, 0.15) is 0 Å². The zero-order valence-electron chi connectivity index (χ0n) is 12.1. The van der Waals surface area contributed by atoms with Gasteiger partial charge in [-0.25, -0.2) is 4.98 Å². The third-order valence-corrected chi connectivity index (χ3v) is 4.16. The first-order valence-electron chi connectivity index (χ1n) is 6.85. The molecule has 0 fully saturated rings. The number of thiazole rings is 1. The third-order valence-electron chi connectivity index (χ3n) is 3.40. The molecule has 1 unspecified atom stereocenters. The molecular weight excluding hydrogens is 258 g/mol. The first kappa shape index (κ1) is 14.5. The minimum Gasteiger partial charge on any atom is -0.380 e. The van der Waals surface area contributed by atoms with Gasteiger partial charge in [-0.15, -0.1) is 11.3 Å². The van der Waals surface area contributed by atoms with Crippen LogP contribution >= 0.6 is 11.3 Å². The molecule has 19 heavy (non-hydrogen) atoms. The molecule has 2 aromatic heterocycles. The fraction of sp³-hybridized carbons (Fsp3) is 0.643. The van der Waals surface area contributed by atoms with Crippen molar-refractivity contribution >= 4 is 16.3 Å². The SMILES string of the molecule is CCOCC(NCc1c(C)nc2sccn12)C(C)C. The minimum atomic E-state index is 0.378. The van der Waals surface area contributed by atoms with E-state index in [0.717, 1.165) is 30.4 Å². The highest BCUT2D eigenvalue weighted by Gasteiger charge is 2.15. The van der Waals surface area contributed by atoms with E-state index in [9.17, 15) is 0 Å². The van der Waals surface area contributed by atoms with Crippen molar-refractivity contribution in [3.63, 3.8) is 0 Å². The molecule has 0 saturated carbocycles. The molecule has 5 heteroatoms. The van der Waals surface area contributed by atoms with Gasteiger partial charge in [0.25, 0.3) is 0 Å². The Morgan fingerprint density at radius 1 is 1.47 bits per heavy atom. The summed E-state index contributed by atoms with van der Waals surface area (Å²) in [5.74, 6) is 0.553. The van der Waals surface area contributed by atoms with Crippen LogP contribution < -0.4 is 5.32 Å². The fourth-order valence-electron chi connectivity index (χ4n) is 2.11. The fourth-order valence-corrected chi connectivity index (χ4v) is 2.89. The lowest BCUT2D eigenvalue weighted by Crippen LogP contribution is -2.38. The van der Waals surface area contributed by atoms with Crippen LogP contribution in [0.25, 0.3) is 4.96 Å². The number of ether oxygens (including phenoxy) is 1. The van der Waals surface area contributed by atoms with E-state index in [4.69, 9.17) is 4.74 Å². The molecule has 1 N–H and O–H groups in total. The summed E-state index contributed by atoms with van der Waals surface area (Å²) < 4.78 is 7.72. The quantitative estimate of drug-likeness (QED) is 0.848. The number of aryl methyl sites for hydroxylation is 1. The lowest BCUT2D eigenvalue weighted by molar-refractivity contribution is 0.107. The molecule has 4 nitrogen and oxygen atoms in total. The Morgan fingerprint density at radius 3 is 2.95 bits per heavy atom. The smallest absolute Gasteiger partial charge is 0.194 e. The average Bonchev–Trinajstić information content (AvgIpc) is 2.90. The van der Waals surface area contributed by atoms with Gasteiger partial charge in [0.15, 0.2) is 4.96 Å². The second-order valence-corrected chi connectivity index (χ2v) is 5.96. The van der Waals surface area contributed by atoms with Crippen LogP contribution in [-0.4, -0.2) is 28.6 Å². The summed E-state index contributed by atoms with van der Waals surface area (Å²) in [6.07, 6.45) is 2.09. The topological polar surface area (TPSA) is 38.6 Å². The Balaban J connectivity index is 2.03. The van der Waals surface area contributed by atoms with E-state index < -0.39 is 0 Å². The average molecular weight is 281 g/mol. The predicted molar refractivity (Wildman–Crippen MR) is 79.8 cm³/mol. The molecule has 106 valence electrons. The maximum atomic E-state index is 5.55. The van der Waals surface area contributed by atoms with Crippen molar-refractivity contribution in [3.8, 4) is 0 Å². The van der Waals surface area contributed by atoms with Crippen molar-refractivity contribution < 1.29 is 4.74 Å². The molecule has 0 spiro atoms. The van der Waals surface area contributed by atoms with Gasteiger partial charge < -0.3 is 10.1 Å². The van der Waals surface area contributed by atoms with Gasteiger partial charge >= 0.3 is 0 Å². The molecule has 0 aliphatic heterocycles. The van der Waals surface area contributed by atoms with E-state index in [1.807, 2.05) is 6.92 Å². The van der Waals surface area contributed by atoms with Crippen molar-refractivity contribution in [2.75, 3.05) is 13.2 Å². The molecule has 0 saturated heterocycles. The molecule has 0 bridgehead atoms. The Labute approximate surface area is 118 Å². The van der Waals surface area contributed by atoms with Crippen LogP contribution in [0.15, 0.2) is 11.6 Å². The van der Waals surface area contributed by atoms with E-state index in [1.54, 1.807) is 11.3 Å². The number of aromatic nitrogens is 2. The standard InChI is InChI=1S/C14H23N3OS/c1-5-18-9-12(10(2)3)15-8-13-11(4)16-14-17(13)6-7-19-14/h6-7,10,12,15H,5,8-9H2,1-4H3. The number of rotatable bonds is 7. The van der Waals surface area contributed by atoms with Crippen LogP contribution in [-0.2, 0) is 11.3 Å². The molecular formula is C14H23N3OS. The van der Waals surface area contributed by atoms with E-state index >= 15 is 0 Å². The van der Waals surface area contributed by atoms with Gasteiger partial charge in [0.05, 0.1) is 18.0 Å². The Hall–Kier alpha value is -0.910. The van der Waals surface area contributed by atoms with Gasteiger partial charge in [-0.1, -0.05) is 13.8 Å². The highest BCUT2D eigenvalue weighted by Crippen LogP contribution is 2.17. The predicted octanol–water partition coefficient (Wildman–Crippen LogP) is 2.85. The molecule has 0 aliphatic rings. The van der Waals surface area contributed by atoms with Crippen LogP contribution in [0.5, 0.6) is 0 Å². The Bertz CT molecular complexity index is 518. The summed E-state index contributed by atoms with van der Waals surface area (Å²) in [6, 6.07) is 0.378. The molecule has 0 aromatic carbocycles. The molecule has 1 atom stereocenters. The van der Waals surface area contributed by atoms with Crippen LogP contribution in [0, 0.1) is 12.8 Å². The number of hydrogen-bond donors (Lipinski definition) is 1. The number of fused-ring (bicyclic) bond motifs is 1. The summed E-state index contributed by atoms with van der Waals surface area (Å²) in [4.78, 5) is 5.64. The van der Waals surface area contributed by atoms with Crippen LogP contribution in [0.3, 0.4) is 0 Å². The van der Waals surface area contributed by atoms with Crippen molar-refractivity contribution in [2.24, 2.45) is 5.92 Å². The van der Waals surface area contributed by atoms with Gasteiger partial charge in [0, 0.05) is 30.8 Å². The Morgan fingerprint density at radius 2 is 2.26 bits per heavy atom. The van der Waals surface area contributed by atoms with Crippen LogP contribution in [0.2, 0.25) is 0 Å². The summed E-state index contributed by atoms with van der Waals surface area (Å²) in [5.41, 5.74) is 2.36. The zero-order chi connectivity index (χ0) is 13.8. The number of nitrogens with zero attached hydrogens (tertiary/aromatic N) is 2. The van der Waals surface area contributed by atoms with Crippen LogP contribution in [0.4, 0.5) is 0 Å². The molecule has 0 radical (unpaired) electrons. The third kappa shape index (κ3) is 3.35. The van der Waals surface area contributed by atoms with E-state index in [-0.39, 0.29) is 0 Å². The summed E-state index contributed by atoms with van der Waals surface area (Å²) in [6.45, 7) is 10.9. The zero-order valence-corrected chi connectivity index (χ0v) is 13.0. The second kappa shape index (κ2) is 6.50. The van der Waals surface area contributed by atoms with Gasteiger partial charge in [-0.3, -0.25) is 4.40 Å². The highest BCUT2D eigenvalue weighted by molar-refractivity contribution is 7.15. The van der Waals surface area contributed by atoms with Gasteiger partial charge in [0.2, 0.25) is 0 Å². The summed E-state index contributed by atoms with van der Waals surface area (Å²) in [7, 11) is 0. The van der Waals surface area contributed by atoms with Crippen molar-refractivity contribution in [2.45, 2.75) is 40.3 Å². The van der Waals surface area contributed by atoms with Gasteiger partial charge in [-0.05, 0) is 19.8 Å². The summed E-state index contributed by atoms with van der Waals surface area (Å²) >= 11 is 1.68. The monoisotopic (exact) mass is 281 g/mol. The first-order chi connectivity index (χ1) is 9.13.